The predicted octanol–water partition coefficient (Wildman–Crippen LogP) is 6.43. The molecule has 1 saturated carbocycles. The van der Waals surface area contributed by atoms with Crippen molar-refractivity contribution < 1.29 is 24.2 Å². The van der Waals surface area contributed by atoms with Gasteiger partial charge in [-0.25, -0.2) is 9.59 Å². The highest BCUT2D eigenvalue weighted by Gasteiger charge is 2.68. The van der Waals surface area contributed by atoms with Crippen molar-refractivity contribution in [3.63, 3.8) is 0 Å². The minimum atomic E-state index is -0.652. The number of aliphatic hydroxyl groups excluding tert-OH is 1. The summed E-state index contributed by atoms with van der Waals surface area (Å²) in [5, 5.41) is 17.0. The van der Waals surface area contributed by atoms with Crippen LogP contribution < -0.4 is 10.6 Å². The number of aliphatic hydroxyl groups is 1. The summed E-state index contributed by atoms with van der Waals surface area (Å²) < 4.78 is 12.3. The second-order valence-electron chi connectivity index (χ2n) is 13.3. The van der Waals surface area contributed by atoms with Gasteiger partial charge in [-0.05, 0) is 98.5 Å². The second kappa shape index (κ2) is 12.4. The van der Waals surface area contributed by atoms with E-state index in [2.05, 4.69) is 48.8 Å². The van der Waals surface area contributed by atoms with Crippen LogP contribution in [0.1, 0.15) is 71.6 Å². The number of ether oxygens (including phenoxy) is 2. The lowest BCUT2D eigenvalue weighted by molar-refractivity contribution is -0.135. The molecule has 0 amide bonds. The van der Waals surface area contributed by atoms with Gasteiger partial charge >= 0.3 is 11.9 Å². The Morgan fingerprint density at radius 3 is 2.86 bits per heavy atom. The van der Waals surface area contributed by atoms with Crippen LogP contribution in [-0.2, 0) is 19.1 Å². The molecule has 4 aliphatic heterocycles. The number of dihydropyridines is 1. The molecule has 8 aliphatic rings. The van der Waals surface area contributed by atoms with E-state index < -0.39 is 5.41 Å². The van der Waals surface area contributed by atoms with Crippen LogP contribution in [0, 0.1) is 35.0 Å². The van der Waals surface area contributed by atoms with Gasteiger partial charge in [-0.2, -0.15) is 0 Å². The number of unbranched alkanes of at least 4 members (excludes halogenated alkanes) is 1. The third kappa shape index (κ3) is 4.92. The maximum Gasteiger partial charge on any atom is 0.340 e. The Labute approximate surface area is 268 Å². The molecule has 3 N–H and O–H groups in total. The molecule has 236 valence electrons. The number of carbonyl (C=O) groups is 2. The van der Waals surface area contributed by atoms with Gasteiger partial charge in [0.2, 0.25) is 0 Å². The highest BCUT2D eigenvalue weighted by atomic mass is 33.1. The van der Waals surface area contributed by atoms with Gasteiger partial charge in [0.15, 0.2) is 0 Å². The molecule has 2 fully saturated rings. The van der Waals surface area contributed by atoms with Crippen molar-refractivity contribution >= 4 is 33.5 Å². The van der Waals surface area contributed by atoms with Gasteiger partial charge in [0.25, 0.3) is 0 Å². The van der Waals surface area contributed by atoms with E-state index in [1.165, 1.54) is 11.1 Å². The van der Waals surface area contributed by atoms with E-state index in [0.29, 0.717) is 18.9 Å². The summed E-state index contributed by atoms with van der Waals surface area (Å²) >= 11 is 0. The Morgan fingerprint density at radius 1 is 1.14 bits per heavy atom. The van der Waals surface area contributed by atoms with E-state index in [-0.39, 0.29) is 42.2 Å². The molecule has 7 bridgehead atoms. The van der Waals surface area contributed by atoms with Gasteiger partial charge < -0.3 is 25.2 Å². The minimum absolute atomic E-state index is 0.00773. The second-order valence-corrected chi connectivity index (χ2v) is 15.9. The van der Waals surface area contributed by atoms with E-state index in [0.717, 1.165) is 97.1 Å². The van der Waals surface area contributed by atoms with E-state index in [1.807, 2.05) is 21.6 Å². The predicted molar refractivity (Wildman–Crippen MR) is 174 cm³/mol. The van der Waals surface area contributed by atoms with Crippen LogP contribution in [-0.4, -0.2) is 41.8 Å². The molecular formula is C35H44N2O5S2. The summed E-state index contributed by atoms with van der Waals surface area (Å²) in [5.41, 5.74) is 4.44. The van der Waals surface area contributed by atoms with Gasteiger partial charge in [0.05, 0.1) is 22.7 Å². The first-order valence-electron chi connectivity index (χ1n) is 16.6. The first-order valence-corrected chi connectivity index (χ1v) is 19.0. The summed E-state index contributed by atoms with van der Waals surface area (Å²) in [6.45, 7) is 5.22. The Balaban J connectivity index is 1.44. The number of nitrogens with one attached hydrogen (secondary N) is 2. The molecule has 4 aliphatic carbocycles. The van der Waals surface area contributed by atoms with Crippen molar-refractivity contribution in [1.29, 1.82) is 0 Å². The number of hydrogen-bond acceptors (Lipinski definition) is 9. The third-order valence-electron chi connectivity index (χ3n) is 10.8. The number of allylic oxidation sites excluding steroid dienone is 7. The van der Waals surface area contributed by atoms with Crippen LogP contribution in [0.25, 0.3) is 0 Å². The summed E-state index contributed by atoms with van der Waals surface area (Å²) in [5.74, 6) is 4.58. The Morgan fingerprint density at radius 2 is 2.02 bits per heavy atom. The van der Waals surface area contributed by atoms with E-state index in [4.69, 9.17) is 9.47 Å². The van der Waals surface area contributed by atoms with Crippen molar-refractivity contribution in [3.8, 4) is 0 Å². The zero-order chi connectivity index (χ0) is 30.4. The lowest BCUT2D eigenvalue weighted by atomic mass is 9.43. The third-order valence-corrected chi connectivity index (χ3v) is 13.2. The monoisotopic (exact) mass is 636 g/mol. The Bertz CT molecular complexity index is 1420. The highest BCUT2D eigenvalue weighted by molar-refractivity contribution is 8.76. The highest BCUT2D eigenvalue weighted by Crippen LogP contribution is 2.71. The zero-order valence-electron chi connectivity index (χ0n) is 25.8. The number of carbonyl (C=O) groups excluding carboxylic acids is 2. The minimum Gasteiger partial charge on any atom is -0.427 e. The van der Waals surface area contributed by atoms with Crippen molar-refractivity contribution in [1.82, 2.24) is 10.6 Å². The number of esters is 2. The van der Waals surface area contributed by atoms with E-state index >= 15 is 0 Å². The van der Waals surface area contributed by atoms with Gasteiger partial charge in [-0.1, -0.05) is 47.9 Å². The molecule has 9 heteroatoms. The molecule has 6 atom stereocenters. The fraction of sp³-hybridized carbons (Fsp3) is 0.600. The van der Waals surface area contributed by atoms with E-state index in [9.17, 15) is 14.7 Å². The van der Waals surface area contributed by atoms with Crippen LogP contribution in [0.15, 0.2) is 69.5 Å². The lowest BCUT2D eigenvalue weighted by Gasteiger charge is -2.57. The van der Waals surface area contributed by atoms with Crippen molar-refractivity contribution in [2.45, 2.75) is 71.6 Å². The largest absolute Gasteiger partial charge is 0.427 e. The molecular weight excluding hydrogens is 593 g/mol. The Hall–Kier alpha value is -2.36. The zero-order valence-corrected chi connectivity index (χ0v) is 27.4. The SMILES string of the molecule is CCC/C=C1\OC(=O)C2=C1CC[C@H]1[C@@H]3CC[C@@]4(C5=C3[C@@H](CCCO)C3=CCNC(=C3)NCSSC[C@H](C)C/C=C/4OC5=O)[C@@H]21. The van der Waals surface area contributed by atoms with Crippen LogP contribution >= 0.6 is 21.6 Å². The summed E-state index contributed by atoms with van der Waals surface area (Å²) in [6.07, 6.45) is 16.4. The summed E-state index contributed by atoms with van der Waals surface area (Å²) in [6, 6.07) is 0. The van der Waals surface area contributed by atoms with Crippen molar-refractivity contribution in [3.05, 3.63) is 69.5 Å². The average molecular weight is 637 g/mol. The fourth-order valence-corrected chi connectivity index (χ4v) is 11.3. The number of fused-ring (bicyclic) bond motifs is 2. The van der Waals surface area contributed by atoms with E-state index in [1.54, 1.807) is 0 Å². The van der Waals surface area contributed by atoms with Crippen LogP contribution in [0.4, 0.5) is 0 Å². The maximum absolute atomic E-state index is 14.2. The normalized spacial score (nSPS) is 36.8. The molecule has 0 aromatic heterocycles. The first kappa shape index (κ1) is 30.3. The Kier molecular flexibility index (Phi) is 8.57. The van der Waals surface area contributed by atoms with Gasteiger partial charge in [-0.3, -0.25) is 0 Å². The first-order chi connectivity index (χ1) is 21.5. The summed E-state index contributed by atoms with van der Waals surface area (Å²) in [4.78, 5) is 28.0. The summed E-state index contributed by atoms with van der Waals surface area (Å²) in [7, 11) is 3.68. The number of hydrogen-bond donors (Lipinski definition) is 3. The van der Waals surface area contributed by atoms with Gasteiger partial charge in [0, 0.05) is 41.9 Å². The van der Waals surface area contributed by atoms with Crippen molar-refractivity contribution in [2.24, 2.45) is 35.0 Å². The van der Waals surface area contributed by atoms with Gasteiger partial charge in [0.1, 0.15) is 11.5 Å². The fourth-order valence-electron chi connectivity index (χ4n) is 9.08. The molecule has 0 aromatic rings. The maximum atomic E-state index is 14.2. The van der Waals surface area contributed by atoms with Gasteiger partial charge in [-0.15, -0.1) is 0 Å². The molecule has 7 nitrogen and oxygen atoms in total. The molecule has 0 radical (unpaired) electrons. The molecule has 8 rings (SSSR count). The van der Waals surface area contributed by atoms with Crippen LogP contribution in [0.5, 0.6) is 0 Å². The standard InChI is InChI=1S/C35H44N2O5S2/c1-3-4-7-26-25-10-9-24-23-12-14-35(31(24)30(25)33(39)41-26)27-11-8-20(2)18-43-44-19-37-28-17-21(13-15-36-28)22(6-5-16-38)29(23)32(35)34(40)42-27/h7,11,13,17,20,22-24,31,36-38H,3-6,8-10,12,14-16,18-19H2,1-2H3/b26-7-,27-11-/t20-,22+,23+,24+,31-,35+/m1/s1. The quantitative estimate of drug-likeness (QED) is 0.233. The molecule has 0 unspecified atom stereocenters. The smallest absolute Gasteiger partial charge is 0.340 e. The molecule has 1 saturated heterocycles. The molecule has 1 spiro atoms. The number of rotatable bonds is 5. The van der Waals surface area contributed by atoms with Crippen LogP contribution in [0.2, 0.25) is 0 Å². The molecule has 0 aromatic carbocycles. The topological polar surface area (TPSA) is 96.9 Å². The molecule has 4 heterocycles. The molecule has 44 heavy (non-hydrogen) atoms. The van der Waals surface area contributed by atoms with Crippen LogP contribution in [0.3, 0.4) is 0 Å². The average Bonchev–Trinajstić information content (AvgIpc) is 3.52. The number of cyclic esters (lactones) is 1. The van der Waals surface area contributed by atoms with Crippen molar-refractivity contribution in [2.75, 3.05) is 24.8 Å². The lowest BCUT2D eigenvalue weighted by Crippen LogP contribution is -2.53.